The second kappa shape index (κ2) is 7.01. The Bertz CT molecular complexity index is 1110. The average Bonchev–Trinajstić information content (AvgIpc) is 3.36. The molecule has 0 aliphatic carbocycles. The largest absolute Gasteiger partial charge is 0.296 e. The second-order valence-corrected chi connectivity index (χ2v) is 8.30. The SMILES string of the molecule is Cc1ccc(-c2nc(NC(=O)c3cn(-c4ccc(F)cc4)nn3)sc2C)s1. The lowest BCUT2D eigenvalue weighted by Gasteiger charge is -1.99. The molecule has 0 aliphatic heterocycles. The second-order valence-electron chi connectivity index (χ2n) is 5.81. The fraction of sp³-hybridized carbons (Fsp3) is 0.111. The van der Waals surface area contributed by atoms with Gasteiger partial charge in [-0.3, -0.25) is 10.1 Å². The first kappa shape index (κ1) is 17.5. The van der Waals surface area contributed by atoms with E-state index in [2.05, 4.69) is 20.6 Å². The third-order valence-corrected chi connectivity index (χ3v) is 5.70. The lowest BCUT2D eigenvalue weighted by atomic mass is 10.3. The third-order valence-electron chi connectivity index (χ3n) is 3.81. The van der Waals surface area contributed by atoms with Gasteiger partial charge in [0.25, 0.3) is 5.91 Å². The molecule has 4 rings (SSSR count). The van der Waals surface area contributed by atoms with Crippen LogP contribution in [0.3, 0.4) is 0 Å². The molecule has 1 N–H and O–H groups in total. The van der Waals surface area contributed by atoms with Crippen molar-refractivity contribution in [2.75, 3.05) is 5.32 Å². The van der Waals surface area contributed by atoms with Crippen LogP contribution in [0, 0.1) is 19.7 Å². The van der Waals surface area contributed by atoms with Crippen LogP contribution in [0.4, 0.5) is 9.52 Å². The van der Waals surface area contributed by atoms with Gasteiger partial charge in [0, 0.05) is 9.75 Å². The molecule has 0 bridgehead atoms. The molecule has 0 fully saturated rings. The Kier molecular flexibility index (Phi) is 4.54. The van der Waals surface area contributed by atoms with E-state index in [4.69, 9.17) is 0 Å². The van der Waals surface area contributed by atoms with Gasteiger partial charge in [-0.25, -0.2) is 14.1 Å². The number of hydrogen-bond donors (Lipinski definition) is 1. The van der Waals surface area contributed by atoms with Crippen LogP contribution in [0.25, 0.3) is 16.3 Å². The summed E-state index contributed by atoms with van der Waals surface area (Å²) in [5.41, 5.74) is 1.65. The molecule has 0 aliphatic rings. The molecule has 0 unspecified atom stereocenters. The fourth-order valence-electron chi connectivity index (χ4n) is 2.49. The molecule has 0 saturated carbocycles. The minimum Gasteiger partial charge on any atom is -0.296 e. The number of thiazole rings is 1. The van der Waals surface area contributed by atoms with Gasteiger partial charge in [-0.2, -0.15) is 0 Å². The highest BCUT2D eigenvalue weighted by atomic mass is 32.1. The van der Waals surface area contributed by atoms with E-state index in [0.717, 1.165) is 15.4 Å². The van der Waals surface area contributed by atoms with E-state index in [9.17, 15) is 9.18 Å². The van der Waals surface area contributed by atoms with Crippen molar-refractivity contribution in [1.29, 1.82) is 0 Å². The Balaban J connectivity index is 1.52. The Labute approximate surface area is 162 Å². The van der Waals surface area contributed by atoms with E-state index in [-0.39, 0.29) is 11.5 Å². The standard InChI is InChI=1S/C18H14FN5OS2/c1-10-3-8-15(26-10)16-11(2)27-18(20-16)21-17(25)14-9-24(23-22-14)13-6-4-12(19)5-7-13/h3-9H,1-2H3,(H,20,21,25). The molecule has 0 radical (unpaired) electrons. The summed E-state index contributed by atoms with van der Waals surface area (Å²) in [4.78, 5) is 20.3. The Morgan fingerprint density at radius 3 is 2.59 bits per heavy atom. The fourth-order valence-corrected chi connectivity index (χ4v) is 4.29. The highest BCUT2D eigenvalue weighted by Gasteiger charge is 2.16. The van der Waals surface area contributed by atoms with Crippen molar-refractivity contribution in [3.63, 3.8) is 0 Å². The van der Waals surface area contributed by atoms with Gasteiger partial charge in [-0.1, -0.05) is 5.21 Å². The molecular formula is C18H14FN5OS2. The van der Waals surface area contributed by atoms with Crippen molar-refractivity contribution in [3.8, 4) is 16.3 Å². The van der Waals surface area contributed by atoms with Gasteiger partial charge in [-0.05, 0) is 50.2 Å². The van der Waals surface area contributed by atoms with Crippen LogP contribution >= 0.6 is 22.7 Å². The van der Waals surface area contributed by atoms with Crippen molar-refractivity contribution in [3.05, 3.63) is 63.9 Å². The van der Waals surface area contributed by atoms with E-state index in [0.29, 0.717) is 10.8 Å². The number of carbonyl (C=O) groups is 1. The zero-order valence-corrected chi connectivity index (χ0v) is 16.1. The van der Waals surface area contributed by atoms with E-state index < -0.39 is 5.91 Å². The number of thiophene rings is 1. The van der Waals surface area contributed by atoms with Gasteiger partial charge in [0.15, 0.2) is 10.8 Å². The summed E-state index contributed by atoms with van der Waals surface area (Å²) in [6.45, 7) is 4.02. The zero-order valence-electron chi connectivity index (χ0n) is 14.4. The summed E-state index contributed by atoms with van der Waals surface area (Å²) in [5, 5.41) is 11.1. The van der Waals surface area contributed by atoms with Crippen molar-refractivity contribution < 1.29 is 9.18 Å². The molecule has 4 aromatic rings. The summed E-state index contributed by atoms with van der Waals surface area (Å²) < 4.78 is 14.4. The van der Waals surface area contributed by atoms with E-state index in [1.165, 1.54) is 39.2 Å². The molecule has 27 heavy (non-hydrogen) atoms. The van der Waals surface area contributed by atoms with E-state index >= 15 is 0 Å². The Morgan fingerprint density at radius 1 is 1.11 bits per heavy atom. The van der Waals surface area contributed by atoms with Gasteiger partial charge in [0.05, 0.1) is 22.5 Å². The molecule has 9 heteroatoms. The van der Waals surface area contributed by atoms with Crippen LogP contribution in [0.2, 0.25) is 0 Å². The zero-order chi connectivity index (χ0) is 19.0. The van der Waals surface area contributed by atoms with Crippen LogP contribution in [-0.2, 0) is 0 Å². The quantitative estimate of drug-likeness (QED) is 0.550. The molecule has 0 atom stereocenters. The number of nitrogens with zero attached hydrogens (tertiary/aromatic N) is 4. The van der Waals surface area contributed by atoms with Crippen LogP contribution < -0.4 is 5.32 Å². The first-order valence-corrected chi connectivity index (χ1v) is 9.67. The van der Waals surface area contributed by atoms with Crippen molar-refractivity contribution >= 4 is 33.7 Å². The maximum absolute atomic E-state index is 13.0. The molecule has 136 valence electrons. The van der Waals surface area contributed by atoms with Crippen LogP contribution in [0.15, 0.2) is 42.6 Å². The average molecular weight is 399 g/mol. The minimum atomic E-state index is -0.397. The number of aryl methyl sites for hydroxylation is 2. The molecule has 0 spiro atoms. The predicted octanol–water partition coefficient (Wildman–Crippen LogP) is 4.46. The maximum Gasteiger partial charge on any atom is 0.279 e. The number of nitrogens with one attached hydrogen (secondary N) is 1. The number of aromatic nitrogens is 4. The van der Waals surface area contributed by atoms with Crippen molar-refractivity contribution in [2.24, 2.45) is 0 Å². The monoisotopic (exact) mass is 399 g/mol. The van der Waals surface area contributed by atoms with Gasteiger partial charge in [0.2, 0.25) is 0 Å². The molecule has 3 heterocycles. The molecule has 3 aromatic heterocycles. The van der Waals surface area contributed by atoms with Gasteiger partial charge in [-0.15, -0.1) is 27.8 Å². The van der Waals surface area contributed by atoms with E-state index in [1.807, 2.05) is 26.0 Å². The molecular weight excluding hydrogens is 385 g/mol. The summed E-state index contributed by atoms with van der Waals surface area (Å²) in [5.74, 6) is -0.737. The maximum atomic E-state index is 13.0. The third kappa shape index (κ3) is 3.64. The number of rotatable bonds is 4. The van der Waals surface area contributed by atoms with Crippen LogP contribution in [0.1, 0.15) is 20.2 Å². The van der Waals surface area contributed by atoms with Gasteiger partial charge < -0.3 is 0 Å². The molecule has 0 saturated heterocycles. The van der Waals surface area contributed by atoms with Crippen LogP contribution in [-0.4, -0.2) is 25.9 Å². The minimum absolute atomic E-state index is 0.153. The highest BCUT2D eigenvalue weighted by molar-refractivity contribution is 7.18. The smallest absolute Gasteiger partial charge is 0.279 e. The Morgan fingerprint density at radius 2 is 1.89 bits per heavy atom. The lowest BCUT2D eigenvalue weighted by Crippen LogP contribution is -2.12. The lowest BCUT2D eigenvalue weighted by molar-refractivity contribution is 0.102. The van der Waals surface area contributed by atoms with Crippen molar-refractivity contribution in [2.45, 2.75) is 13.8 Å². The summed E-state index contributed by atoms with van der Waals surface area (Å²) in [6.07, 6.45) is 1.49. The number of benzene rings is 1. The predicted molar refractivity (Wildman–Crippen MR) is 104 cm³/mol. The summed E-state index contributed by atoms with van der Waals surface area (Å²) in [6, 6.07) is 9.84. The highest BCUT2D eigenvalue weighted by Crippen LogP contribution is 2.34. The summed E-state index contributed by atoms with van der Waals surface area (Å²) >= 11 is 3.08. The number of hydrogen-bond acceptors (Lipinski definition) is 6. The first-order valence-electron chi connectivity index (χ1n) is 8.03. The first-order chi connectivity index (χ1) is 13.0. The number of amides is 1. The van der Waals surface area contributed by atoms with Crippen LogP contribution in [0.5, 0.6) is 0 Å². The normalized spacial score (nSPS) is 10.9. The number of carbonyl (C=O) groups excluding carboxylic acids is 1. The summed E-state index contributed by atoms with van der Waals surface area (Å²) in [7, 11) is 0. The van der Waals surface area contributed by atoms with Gasteiger partial charge in [0.1, 0.15) is 5.82 Å². The molecule has 1 aromatic carbocycles. The number of halogens is 1. The van der Waals surface area contributed by atoms with Crippen molar-refractivity contribution in [1.82, 2.24) is 20.0 Å². The van der Waals surface area contributed by atoms with E-state index in [1.54, 1.807) is 23.5 Å². The Hall–Kier alpha value is -2.91. The van der Waals surface area contributed by atoms with Gasteiger partial charge >= 0.3 is 0 Å². The topological polar surface area (TPSA) is 72.7 Å². The number of anilines is 1. The molecule has 1 amide bonds. The molecule has 6 nitrogen and oxygen atoms in total.